The molecule has 0 aromatic heterocycles. The molecule has 358 valence electrons. The smallest absolute Gasteiger partial charge is 0.255 e. The van der Waals surface area contributed by atoms with Gasteiger partial charge in [0.05, 0.1) is 118 Å². The number of hydrogen-bond donors (Lipinski definition) is 9. The highest BCUT2D eigenvalue weighted by Crippen LogP contribution is 2.41. The number of halogens is 6. The minimum atomic E-state index is -1.61. The summed E-state index contributed by atoms with van der Waals surface area (Å²) in [5, 5.41) is 89.9. The van der Waals surface area contributed by atoms with Gasteiger partial charge in [-0.15, -0.1) is 0 Å². The van der Waals surface area contributed by atoms with E-state index in [9.17, 15) is 74.7 Å². The molecule has 6 amide bonds. The van der Waals surface area contributed by atoms with E-state index in [0.29, 0.717) is 12.8 Å². The molecule has 0 saturated carbocycles. The average molecular weight is 1580 g/mol. The number of aliphatic hydroxyl groups is 9. The number of aliphatic hydroxyl groups excluding tert-OH is 9. The quantitative estimate of drug-likeness (QED) is 0.0450. The van der Waals surface area contributed by atoms with Crippen molar-refractivity contribution in [1.82, 2.24) is 19.6 Å². The predicted octanol–water partition coefficient (Wildman–Crippen LogP) is -0.998. The van der Waals surface area contributed by atoms with Gasteiger partial charge in [0.25, 0.3) is 23.6 Å². The van der Waals surface area contributed by atoms with Crippen LogP contribution in [0.1, 0.15) is 41.4 Å². The summed E-state index contributed by atoms with van der Waals surface area (Å²) < 4.78 is 0.823. The van der Waals surface area contributed by atoms with E-state index in [1.165, 1.54) is 28.2 Å². The molecule has 21 nitrogen and oxygen atoms in total. The second-order valence-electron chi connectivity index (χ2n) is 14.3. The lowest BCUT2D eigenvalue weighted by Crippen LogP contribution is -2.43. The van der Waals surface area contributed by atoms with Crippen LogP contribution in [0.25, 0.3) is 0 Å². The number of benzene rings is 2. The summed E-state index contributed by atoms with van der Waals surface area (Å²) in [6, 6.07) is 0. The van der Waals surface area contributed by atoms with Gasteiger partial charge in [-0.2, -0.15) is 0 Å². The van der Waals surface area contributed by atoms with E-state index in [-0.39, 0.29) is 81.2 Å². The number of likely N-dealkylation sites (N-methyl/N-ethyl adjacent to an activating group) is 4. The summed E-state index contributed by atoms with van der Waals surface area (Å²) in [7, 11) is 5.40. The first-order valence-electron chi connectivity index (χ1n) is 18.6. The Morgan fingerprint density at radius 3 is 0.781 bits per heavy atom. The van der Waals surface area contributed by atoms with E-state index in [1.54, 1.807) is 136 Å². The van der Waals surface area contributed by atoms with E-state index < -0.39 is 93.7 Å². The normalized spacial score (nSPS) is 13.6. The second-order valence-corrected chi connectivity index (χ2v) is 20.8. The Morgan fingerprint density at radius 1 is 0.406 bits per heavy atom. The molecular weight excluding hydrogens is 1530 g/mol. The molecule has 0 bridgehead atoms. The van der Waals surface area contributed by atoms with Crippen molar-refractivity contribution in [3.8, 4) is 0 Å². The van der Waals surface area contributed by atoms with Crippen molar-refractivity contribution in [2.24, 2.45) is 0 Å². The average Bonchev–Trinajstić information content (AvgIpc) is 3.24. The zero-order chi connectivity index (χ0) is 49.1. The topological polar surface area (TPSA) is 304 Å². The molecule has 0 heterocycles. The molecule has 2 aromatic rings. The van der Waals surface area contributed by atoms with E-state index in [2.05, 4.69) is 0 Å². The van der Waals surface area contributed by atoms with Gasteiger partial charge in [-0.05, 0) is 136 Å². The second kappa shape index (κ2) is 27.5. The predicted molar refractivity (Wildman–Crippen MR) is 282 cm³/mol. The highest BCUT2D eigenvalue weighted by Gasteiger charge is 2.36. The highest BCUT2D eigenvalue weighted by molar-refractivity contribution is 14.1. The number of carbonyl (C=O) groups is 6. The number of nitrogens with zero attached hydrogens (tertiary/aromatic N) is 6. The van der Waals surface area contributed by atoms with Gasteiger partial charge in [0.2, 0.25) is 12.8 Å². The lowest BCUT2D eigenvalue weighted by Gasteiger charge is -2.31. The third-order valence-corrected chi connectivity index (χ3v) is 15.6. The Balaban J connectivity index is 2.87. The van der Waals surface area contributed by atoms with E-state index in [0.717, 1.165) is 29.4 Å². The maximum absolute atomic E-state index is 14.0. The monoisotopic (exact) mass is 1580 g/mol. The van der Waals surface area contributed by atoms with Crippen molar-refractivity contribution in [3.05, 3.63) is 43.7 Å². The molecule has 27 heteroatoms. The van der Waals surface area contributed by atoms with Gasteiger partial charge in [0.1, 0.15) is 0 Å². The van der Waals surface area contributed by atoms with Crippen LogP contribution in [0.2, 0.25) is 0 Å². The van der Waals surface area contributed by atoms with Crippen LogP contribution in [0.3, 0.4) is 0 Å². The van der Waals surface area contributed by atoms with Crippen molar-refractivity contribution in [2.75, 3.05) is 104 Å². The molecular formula is C37H48I6N6O15. The number of hydrogen-bond acceptors (Lipinski definition) is 15. The van der Waals surface area contributed by atoms with Crippen LogP contribution in [0.15, 0.2) is 0 Å². The molecule has 4 atom stereocenters. The van der Waals surface area contributed by atoms with E-state index in [4.69, 9.17) is 0 Å². The molecule has 4 unspecified atom stereocenters. The minimum Gasteiger partial charge on any atom is -0.394 e. The number of anilines is 2. The summed E-state index contributed by atoms with van der Waals surface area (Å²) in [5.41, 5.74) is -0.329. The third-order valence-electron chi connectivity index (χ3n) is 9.26. The van der Waals surface area contributed by atoms with Crippen LogP contribution in [0.5, 0.6) is 0 Å². The molecule has 0 aliphatic carbocycles. The van der Waals surface area contributed by atoms with E-state index in [1.807, 2.05) is 0 Å². The van der Waals surface area contributed by atoms with Crippen LogP contribution in [0.4, 0.5) is 11.4 Å². The minimum absolute atomic E-state index is 0.00682. The summed E-state index contributed by atoms with van der Waals surface area (Å²) in [6.45, 7) is -5.04. The Hall–Kier alpha value is -0.720. The van der Waals surface area contributed by atoms with Gasteiger partial charge in [0.15, 0.2) is 0 Å². The van der Waals surface area contributed by atoms with Crippen LogP contribution in [-0.2, 0) is 9.59 Å². The summed E-state index contributed by atoms with van der Waals surface area (Å²) in [5.74, 6) is -2.85. The zero-order valence-corrected chi connectivity index (χ0v) is 47.5. The van der Waals surface area contributed by atoms with Gasteiger partial charge in [-0.1, -0.05) is 0 Å². The first kappa shape index (κ1) is 59.4. The molecule has 9 N–H and O–H groups in total. The SMILES string of the molecule is CN(CC(O)CO)C(=O)c1c(I)c(C(=O)N(C)CC(O)CO)c(I)c(N(C=O)CC(O)CN(C=O)c2c(I)c(C(=O)N(C)CC(O)CO)c(I)c(C(=O)N(C)CC(O)CO)c2I)c1I. The molecule has 0 aliphatic heterocycles. The Bertz CT molecular complexity index is 1790. The summed E-state index contributed by atoms with van der Waals surface area (Å²) in [4.78, 5) is 88.6. The van der Waals surface area contributed by atoms with Crippen molar-refractivity contribution in [2.45, 2.75) is 30.5 Å². The van der Waals surface area contributed by atoms with Gasteiger partial charge in [-0.25, -0.2) is 0 Å². The van der Waals surface area contributed by atoms with Gasteiger partial charge < -0.3 is 75.4 Å². The fourth-order valence-electron chi connectivity index (χ4n) is 6.03. The number of amides is 6. The van der Waals surface area contributed by atoms with Gasteiger partial charge in [-0.3, -0.25) is 28.8 Å². The molecule has 0 aliphatic rings. The molecule has 0 spiro atoms. The summed E-state index contributed by atoms with van der Waals surface area (Å²) in [6.07, 6.45) is -6.20. The molecule has 64 heavy (non-hydrogen) atoms. The van der Waals surface area contributed by atoms with Crippen LogP contribution < -0.4 is 9.80 Å². The maximum atomic E-state index is 14.0. The van der Waals surface area contributed by atoms with E-state index >= 15 is 0 Å². The standard InChI is InChI=1S/C37H48I6N6O15/c1-44(5-18(57)11-50)34(61)22-26(38)23(35(62)45(2)6-19(58)12-51)29(41)32(28(22)40)48(15-54)9-17(56)10-49(16-55)33-30(42)24(36(63)46(3)7-20(59)13-52)27(39)25(31(33)43)37(64)47(4)8-21(60)14-53/h15-21,50-53,56-60H,5-14H2,1-4H3. The van der Waals surface area contributed by atoms with Crippen molar-refractivity contribution >= 4 is 183 Å². The van der Waals surface area contributed by atoms with Crippen molar-refractivity contribution in [1.29, 1.82) is 0 Å². The van der Waals surface area contributed by atoms with Crippen LogP contribution >= 0.6 is 136 Å². The number of carbonyl (C=O) groups excluding carboxylic acids is 6. The van der Waals surface area contributed by atoms with Crippen molar-refractivity contribution < 1.29 is 74.7 Å². The number of rotatable bonds is 24. The summed E-state index contributed by atoms with van der Waals surface area (Å²) >= 11 is 10.8. The maximum Gasteiger partial charge on any atom is 0.255 e. The fourth-order valence-corrected chi connectivity index (χ4v) is 15.5. The van der Waals surface area contributed by atoms with Gasteiger partial charge in [0, 0.05) is 61.5 Å². The molecule has 0 fully saturated rings. The Morgan fingerprint density at radius 2 is 0.609 bits per heavy atom. The Labute approximate surface area is 450 Å². The Kier molecular flexibility index (Phi) is 25.5. The molecule has 2 rings (SSSR count). The molecule has 0 radical (unpaired) electrons. The van der Waals surface area contributed by atoms with Gasteiger partial charge >= 0.3 is 0 Å². The first-order valence-corrected chi connectivity index (χ1v) is 25.1. The molecule has 0 saturated heterocycles. The lowest BCUT2D eigenvalue weighted by molar-refractivity contribution is -0.108. The zero-order valence-electron chi connectivity index (χ0n) is 34.5. The van der Waals surface area contributed by atoms with Crippen LogP contribution in [-0.4, -0.2) is 226 Å². The first-order chi connectivity index (χ1) is 29.9. The third kappa shape index (κ3) is 14.7. The van der Waals surface area contributed by atoms with Crippen molar-refractivity contribution in [3.63, 3.8) is 0 Å². The highest BCUT2D eigenvalue weighted by atomic mass is 127. The lowest BCUT2D eigenvalue weighted by atomic mass is 10.0. The van der Waals surface area contributed by atoms with Crippen LogP contribution in [0, 0.1) is 21.4 Å². The molecule has 2 aromatic carbocycles. The largest absolute Gasteiger partial charge is 0.394 e. The fraction of sp³-hybridized carbons (Fsp3) is 0.514.